The molecular formula is C54H55F2N5O6S2. The SMILES string of the molecule is CC.CNC(=O)c1c(-c2ccc(F)cc2)oc2c1cc(-c1cccc(C(=O)NC(C)(C)C)c1)c1c2ccn1SC.CNC(=O)c1c(-c2ccc(F)cc2)oc2c1cc(OC(C)C)c1c2ccn1SC. The lowest BCUT2D eigenvalue weighted by atomic mass is 9.96. The van der Waals surface area contributed by atoms with Crippen LogP contribution in [0.3, 0.4) is 0 Å². The summed E-state index contributed by atoms with van der Waals surface area (Å²) >= 11 is 3.08. The molecule has 15 heteroatoms. The molecule has 9 aromatic rings. The average molecular weight is 972 g/mol. The first kappa shape index (κ1) is 49.9. The highest BCUT2D eigenvalue weighted by Crippen LogP contribution is 2.45. The van der Waals surface area contributed by atoms with Gasteiger partial charge in [-0.25, -0.2) is 8.78 Å². The van der Waals surface area contributed by atoms with Crippen molar-refractivity contribution >= 4 is 85.4 Å². The minimum Gasteiger partial charge on any atom is -0.489 e. The molecule has 0 fully saturated rings. The van der Waals surface area contributed by atoms with Crippen LogP contribution in [0.25, 0.3) is 77.5 Å². The maximum Gasteiger partial charge on any atom is 0.255 e. The van der Waals surface area contributed by atoms with Gasteiger partial charge < -0.3 is 29.5 Å². The average Bonchev–Trinajstić information content (AvgIpc) is 4.14. The predicted octanol–water partition coefficient (Wildman–Crippen LogP) is 13.4. The van der Waals surface area contributed by atoms with Crippen molar-refractivity contribution in [2.24, 2.45) is 0 Å². The van der Waals surface area contributed by atoms with Crippen molar-refractivity contribution in [3.8, 4) is 39.5 Å². The molecule has 0 bridgehead atoms. The highest BCUT2D eigenvalue weighted by atomic mass is 32.2. The zero-order valence-electron chi connectivity index (χ0n) is 40.4. The maximum absolute atomic E-state index is 13.7. The number of carbonyl (C=O) groups excluding carboxylic acids is 3. The van der Waals surface area contributed by atoms with E-state index < -0.39 is 0 Å². The largest absolute Gasteiger partial charge is 0.489 e. The number of halogens is 2. The summed E-state index contributed by atoms with van der Waals surface area (Å²) in [7, 11) is 3.14. The van der Waals surface area contributed by atoms with Crippen molar-refractivity contribution in [1.82, 2.24) is 23.9 Å². The van der Waals surface area contributed by atoms with E-state index in [0.717, 1.165) is 32.9 Å². The number of aromatic nitrogens is 2. The van der Waals surface area contributed by atoms with E-state index in [-0.39, 0.29) is 41.0 Å². The molecule has 9 rings (SSSR count). The minimum atomic E-state index is -0.372. The summed E-state index contributed by atoms with van der Waals surface area (Å²) in [5, 5.41) is 11.4. The maximum atomic E-state index is 13.7. The number of nitrogens with zero attached hydrogens (tertiary/aromatic N) is 2. The second-order valence-corrected chi connectivity index (χ2v) is 18.5. The van der Waals surface area contributed by atoms with Crippen LogP contribution in [-0.4, -0.2) is 63.9 Å². The summed E-state index contributed by atoms with van der Waals surface area (Å²) in [5.41, 5.74) is 6.82. The van der Waals surface area contributed by atoms with Gasteiger partial charge >= 0.3 is 0 Å². The third-order valence-corrected chi connectivity index (χ3v) is 12.3. The number of hydrogen-bond donors (Lipinski definition) is 3. The van der Waals surface area contributed by atoms with Crippen molar-refractivity contribution in [1.29, 1.82) is 0 Å². The number of fused-ring (bicyclic) bond motifs is 6. The Kier molecular flexibility index (Phi) is 15.0. The molecule has 3 N–H and O–H groups in total. The van der Waals surface area contributed by atoms with Gasteiger partial charge in [0.05, 0.1) is 22.7 Å². The first-order chi connectivity index (χ1) is 33.0. The van der Waals surface area contributed by atoms with E-state index in [0.29, 0.717) is 67.0 Å². The van der Waals surface area contributed by atoms with Gasteiger partial charge in [-0.3, -0.25) is 22.3 Å². The van der Waals surface area contributed by atoms with E-state index in [1.807, 2.05) is 124 Å². The van der Waals surface area contributed by atoms with Gasteiger partial charge in [0.2, 0.25) is 0 Å². The number of ether oxygens (including phenoxy) is 1. The van der Waals surface area contributed by atoms with Gasteiger partial charge in [-0.05, 0) is 149 Å². The van der Waals surface area contributed by atoms with Crippen LogP contribution in [0, 0.1) is 11.6 Å². The zero-order valence-corrected chi connectivity index (χ0v) is 42.0. The van der Waals surface area contributed by atoms with E-state index >= 15 is 0 Å². The quantitative estimate of drug-likeness (QED) is 0.123. The smallest absolute Gasteiger partial charge is 0.255 e. The van der Waals surface area contributed by atoms with E-state index in [1.54, 1.807) is 56.4 Å². The third-order valence-electron chi connectivity index (χ3n) is 10.9. The minimum absolute atomic E-state index is 0.0345. The Labute approximate surface area is 408 Å². The lowest BCUT2D eigenvalue weighted by Crippen LogP contribution is -2.40. The Morgan fingerprint density at radius 3 is 1.57 bits per heavy atom. The highest BCUT2D eigenvalue weighted by Gasteiger charge is 2.28. The van der Waals surface area contributed by atoms with Crippen molar-refractivity contribution in [3.05, 3.63) is 138 Å². The Bertz CT molecular complexity index is 3340. The van der Waals surface area contributed by atoms with Gasteiger partial charge in [-0.2, -0.15) is 0 Å². The number of carbonyl (C=O) groups is 3. The number of furan rings is 2. The number of benzene rings is 5. The molecule has 0 saturated carbocycles. The van der Waals surface area contributed by atoms with Crippen LogP contribution in [0.15, 0.2) is 118 Å². The van der Waals surface area contributed by atoms with Gasteiger partial charge in [0.25, 0.3) is 17.7 Å². The topological polar surface area (TPSA) is 133 Å². The number of rotatable bonds is 10. The van der Waals surface area contributed by atoms with Crippen LogP contribution in [0.5, 0.6) is 5.75 Å². The Morgan fingerprint density at radius 2 is 1.10 bits per heavy atom. The molecule has 11 nitrogen and oxygen atoms in total. The Balaban J connectivity index is 0.000000203. The van der Waals surface area contributed by atoms with Crippen LogP contribution >= 0.6 is 23.9 Å². The molecule has 0 aliphatic carbocycles. The molecule has 0 atom stereocenters. The molecule has 0 unspecified atom stereocenters. The monoisotopic (exact) mass is 971 g/mol. The molecule has 0 spiro atoms. The third kappa shape index (κ3) is 9.97. The molecule has 0 saturated heterocycles. The predicted molar refractivity (Wildman–Crippen MR) is 279 cm³/mol. The zero-order chi connectivity index (χ0) is 49.9. The fourth-order valence-corrected chi connectivity index (χ4v) is 9.21. The second-order valence-electron chi connectivity index (χ2n) is 17.0. The van der Waals surface area contributed by atoms with E-state index in [2.05, 4.69) is 16.0 Å². The lowest BCUT2D eigenvalue weighted by molar-refractivity contribution is 0.0916. The van der Waals surface area contributed by atoms with Crippen LogP contribution < -0.4 is 20.7 Å². The van der Waals surface area contributed by atoms with Gasteiger partial charge in [0, 0.05) is 88.3 Å². The number of amides is 3. The summed E-state index contributed by atoms with van der Waals surface area (Å²) in [6.45, 7) is 13.7. The second kappa shape index (κ2) is 20.7. The molecule has 3 amide bonds. The van der Waals surface area contributed by atoms with Crippen molar-refractivity contribution in [2.75, 3.05) is 26.6 Å². The number of nitrogens with one attached hydrogen (secondary N) is 3. The van der Waals surface area contributed by atoms with E-state index in [9.17, 15) is 23.2 Å². The molecule has 0 radical (unpaired) electrons. The number of hydrogen-bond acceptors (Lipinski definition) is 8. The lowest BCUT2D eigenvalue weighted by Gasteiger charge is -2.20. The summed E-state index contributed by atoms with van der Waals surface area (Å²) in [6.07, 6.45) is 7.82. The van der Waals surface area contributed by atoms with Gasteiger partial charge in [0.1, 0.15) is 45.6 Å². The first-order valence-electron chi connectivity index (χ1n) is 22.4. The van der Waals surface area contributed by atoms with Crippen LogP contribution in [0.4, 0.5) is 8.78 Å². The van der Waals surface area contributed by atoms with E-state index in [4.69, 9.17) is 13.6 Å². The summed E-state index contributed by atoms with van der Waals surface area (Å²) in [5.74, 6) is -0.0179. The molecule has 5 aromatic carbocycles. The Morgan fingerprint density at radius 1 is 0.623 bits per heavy atom. The molecule has 0 aliphatic rings. The molecule has 358 valence electrons. The highest BCUT2D eigenvalue weighted by molar-refractivity contribution is 7.97. The van der Waals surface area contributed by atoms with Crippen LogP contribution in [-0.2, 0) is 0 Å². The van der Waals surface area contributed by atoms with Crippen molar-refractivity contribution in [2.45, 2.75) is 60.1 Å². The summed E-state index contributed by atoms with van der Waals surface area (Å²) in [4.78, 5) is 38.9. The van der Waals surface area contributed by atoms with Crippen molar-refractivity contribution < 1.29 is 36.7 Å². The molecule has 4 heterocycles. The van der Waals surface area contributed by atoms with Gasteiger partial charge in [-0.1, -0.05) is 26.0 Å². The van der Waals surface area contributed by atoms with Crippen LogP contribution in [0.1, 0.15) is 79.5 Å². The molecule has 69 heavy (non-hydrogen) atoms. The van der Waals surface area contributed by atoms with Crippen molar-refractivity contribution in [3.63, 3.8) is 0 Å². The van der Waals surface area contributed by atoms with Gasteiger partial charge in [0.15, 0.2) is 0 Å². The molecule has 4 aromatic heterocycles. The summed E-state index contributed by atoms with van der Waals surface area (Å²) in [6, 6.07) is 26.9. The molecular weight excluding hydrogens is 917 g/mol. The van der Waals surface area contributed by atoms with Gasteiger partial charge in [-0.15, -0.1) is 0 Å². The van der Waals surface area contributed by atoms with E-state index in [1.165, 1.54) is 36.2 Å². The normalized spacial score (nSPS) is 11.4. The van der Waals surface area contributed by atoms with Crippen LogP contribution in [0.2, 0.25) is 0 Å². The fourth-order valence-electron chi connectivity index (χ4n) is 8.09. The summed E-state index contributed by atoms with van der Waals surface area (Å²) < 4.78 is 49.8. The Hall–Kier alpha value is -6.97. The molecule has 0 aliphatic heterocycles. The standard InChI is InChI=1S/C30H28FN3O3S.C22H21FN2O3S.C2H6/c1-30(2,3)33-28(35)19-8-6-7-18(15-19)22-16-23-24(29(36)32-4)26(17-9-11-20(31)12-10-17)37-27(23)21-13-14-34(38-5)25(21)22;1-12(2)27-17-11-16-18(22(26)24-3)20(13-5-7-14(23)8-6-13)28-21(16)15-9-10-25(29-4)19(15)17;1-2/h6-16H,1-5H3,(H,32,36)(H,33,35);5-12H,1-4H3,(H,24,26);1-2H3. The fraction of sp³-hybridized carbons (Fsp3) is 0.241. The first-order valence-corrected chi connectivity index (χ1v) is 24.8.